The second-order valence-electron chi connectivity index (χ2n) is 8.27. The van der Waals surface area contributed by atoms with Gasteiger partial charge in [0.2, 0.25) is 15.2 Å². The van der Waals surface area contributed by atoms with Crippen LogP contribution in [-0.4, -0.2) is 36.5 Å². The van der Waals surface area contributed by atoms with Gasteiger partial charge in [0.15, 0.2) is 0 Å². The average molecular weight is 541 g/mol. The van der Waals surface area contributed by atoms with E-state index in [2.05, 4.69) is 6.07 Å². The first kappa shape index (κ1) is 24.8. The predicted octanol–water partition coefficient (Wildman–Crippen LogP) is 6.40. The van der Waals surface area contributed by atoms with E-state index in [-0.39, 0.29) is 16.8 Å². The fraction of sp³-hybridized carbons (Fsp3) is 0.231. The Kier molecular flexibility index (Phi) is 7.03. The maximum absolute atomic E-state index is 13.6. The lowest BCUT2D eigenvalue weighted by Crippen LogP contribution is -2.30. The Morgan fingerprint density at radius 1 is 1.03 bits per heavy atom. The zero-order valence-corrected chi connectivity index (χ0v) is 22.3. The lowest BCUT2D eigenvalue weighted by molar-refractivity contribution is 0.445. The van der Waals surface area contributed by atoms with E-state index >= 15 is 0 Å². The number of hydrogen-bond acceptors (Lipinski definition) is 7. The molecular formula is C26H25FN4O2S3. The number of sulfonamides is 1. The van der Waals surface area contributed by atoms with Gasteiger partial charge in [-0.3, -0.25) is 0 Å². The minimum absolute atomic E-state index is 0.0942. The largest absolute Gasteiger partial charge is 0.243 e. The average Bonchev–Trinajstić information content (AvgIpc) is 3.66. The second-order valence-corrected chi connectivity index (χ2v) is 12.0. The molecule has 36 heavy (non-hydrogen) atoms. The van der Waals surface area contributed by atoms with Crippen LogP contribution in [0.25, 0.3) is 11.3 Å². The Balaban J connectivity index is 1.45. The summed E-state index contributed by atoms with van der Waals surface area (Å²) in [6.45, 7) is 4.51. The standard InChI is InChI=1S/C26H25FN4O2S3/c1-3-30(4-2)36(32,33)21-13-9-18(10-14-21)23-17-35-26(28-23)31-24(19-7-11-20(27)12-8-19)16-22(29-31)25-6-5-15-34-25/h5-15,17,24H,3-4,16H2,1-2H3. The zero-order chi connectivity index (χ0) is 25.3. The number of thiazole rings is 1. The molecule has 1 aliphatic rings. The van der Waals surface area contributed by atoms with Gasteiger partial charge in [0.25, 0.3) is 0 Å². The molecule has 5 rings (SSSR count). The lowest BCUT2D eigenvalue weighted by Gasteiger charge is -2.21. The molecule has 0 saturated carbocycles. The van der Waals surface area contributed by atoms with Crippen molar-refractivity contribution in [2.45, 2.75) is 31.2 Å². The molecule has 2 aromatic carbocycles. The van der Waals surface area contributed by atoms with Crippen molar-refractivity contribution in [3.8, 4) is 11.3 Å². The van der Waals surface area contributed by atoms with Crippen LogP contribution in [0.3, 0.4) is 0 Å². The number of anilines is 1. The molecule has 3 heterocycles. The lowest BCUT2D eigenvalue weighted by atomic mass is 10.0. The molecule has 10 heteroatoms. The molecule has 1 unspecified atom stereocenters. The van der Waals surface area contributed by atoms with E-state index < -0.39 is 10.0 Å². The van der Waals surface area contributed by atoms with Gasteiger partial charge in [0.05, 0.1) is 27.2 Å². The number of hydrazone groups is 1. The van der Waals surface area contributed by atoms with Crippen LogP contribution >= 0.6 is 22.7 Å². The van der Waals surface area contributed by atoms with E-state index in [9.17, 15) is 12.8 Å². The summed E-state index contributed by atoms with van der Waals surface area (Å²) in [5, 5.41) is 11.5. The second kappa shape index (κ2) is 10.2. The van der Waals surface area contributed by atoms with Gasteiger partial charge in [0.1, 0.15) is 5.82 Å². The highest BCUT2D eigenvalue weighted by Gasteiger charge is 2.32. The fourth-order valence-electron chi connectivity index (χ4n) is 4.24. The molecule has 1 atom stereocenters. The van der Waals surface area contributed by atoms with E-state index in [4.69, 9.17) is 10.1 Å². The van der Waals surface area contributed by atoms with Crippen molar-refractivity contribution < 1.29 is 12.8 Å². The zero-order valence-electron chi connectivity index (χ0n) is 19.8. The van der Waals surface area contributed by atoms with Crippen LogP contribution in [0.2, 0.25) is 0 Å². The van der Waals surface area contributed by atoms with Crippen LogP contribution in [0.15, 0.2) is 81.4 Å². The van der Waals surface area contributed by atoms with Gasteiger partial charge >= 0.3 is 0 Å². The van der Waals surface area contributed by atoms with Crippen LogP contribution in [0.5, 0.6) is 0 Å². The molecule has 1 aliphatic heterocycles. The SMILES string of the molecule is CCN(CC)S(=O)(=O)c1ccc(-c2csc(N3N=C(c4cccs4)CC3c3ccc(F)cc3)n2)cc1. The summed E-state index contributed by atoms with van der Waals surface area (Å²) < 4.78 is 40.6. The van der Waals surface area contributed by atoms with Crippen molar-refractivity contribution in [3.63, 3.8) is 0 Å². The molecule has 4 aromatic rings. The van der Waals surface area contributed by atoms with Crippen molar-refractivity contribution in [1.29, 1.82) is 0 Å². The predicted molar refractivity (Wildman–Crippen MR) is 145 cm³/mol. The Labute approximate surface area is 218 Å². The van der Waals surface area contributed by atoms with Gasteiger partial charge < -0.3 is 0 Å². The highest BCUT2D eigenvalue weighted by atomic mass is 32.2. The number of nitrogens with zero attached hydrogens (tertiary/aromatic N) is 4. The Morgan fingerprint density at radius 3 is 2.39 bits per heavy atom. The van der Waals surface area contributed by atoms with Crippen molar-refractivity contribution in [3.05, 3.63) is 87.7 Å². The highest BCUT2D eigenvalue weighted by molar-refractivity contribution is 7.89. The van der Waals surface area contributed by atoms with Gasteiger partial charge in [-0.05, 0) is 41.3 Å². The van der Waals surface area contributed by atoms with E-state index in [1.807, 2.05) is 35.7 Å². The summed E-state index contributed by atoms with van der Waals surface area (Å²) in [5.74, 6) is -0.273. The first-order chi connectivity index (χ1) is 17.4. The monoisotopic (exact) mass is 540 g/mol. The molecule has 186 valence electrons. The first-order valence-corrected chi connectivity index (χ1v) is 14.8. The summed E-state index contributed by atoms with van der Waals surface area (Å²) in [4.78, 5) is 6.21. The topological polar surface area (TPSA) is 65.9 Å². The molecule has 0 aliphatic carbocycles. The van der Waals surface area contributed by atoms with Gasteiger partial charge in [-0.2, -0.15) is 9.41 Å². The number of aromatic nitrogens is 1. The van der Waals surface area contributed by atoms with Crippen molar-refractivity contribution in [2.75, 3.05) is 18.1 Å². The van der Waals surface area contributed by atoms with Gasteiger partial charge in [-0.15, -0.1) is 22.7 Å². The maximum atomic E-state index is 13.6. The van der Waals surface area contributed by atoms with Crippen LogP contribution < -0.4 is 5.01 Å². The minimum atomic E-state index is -3.51. The molecule has 6 nitrogen and oxygen atoms in total. The molecule has 2 aromatic heterocycles. The number of benzene rings is 2. The summed E-state index contributed by atoms with van der Waals surface area (Å²) in [5.41, 5.74) is 3.52. The van der Waals surface area contributed by atoms with E-state index in [0.29, 0.717) is 19.5 Å². The van der Waals surface area contributed by atoms with Gasteiger partial charge in [-0.1, -0.05) is 44.2 Å². The molecule has 0 amide bonds. The molecule has 0 bridgehead atoms. The van der Waals surface area contributed by atoms with Crippen molar-refractivity contribution in [1.82, 2.24) is 9.29 Å². The normalized spacial score (nSPS) is 16.1. The summed E-state index contributed by atoms with van der Waals surface area (Å²) in [6.07, 6.45) is 0.693. The number of thiophene rings is 1. The third-order valence-corrected chi connectivity index (χ3v) is 9.97. The molecule has 0 radical (unpaired) electrons. The maximum Gasteiger partial charge on any atom is 0.243 e. The highest BCUT2D eigenvalue weighted by Crippen LogP contribution is 2.40. The van der Waals surface area contributed by atoms with E-state index in [1.165, 1.54) is 27.8 Å². The molecular weight excluding hydrogens is 516 g/mol. The molecule has 0 spiro atoms. The van der Waals surface area contributed by atoms with Crippen LogP contribution in [0.4, 0.5) is 9.52 Å². The van der Waals surface area contributed by atoms with Gasteiger partial charge in [-0.25, -0.2) is 22.8 Å². The third kappa shape index (κ3) is 4.73. The Bertz CT molecular complexity index is 1460. The molecule has 0 saturated heterocycles. The smallest absolute Gasteiger partial charge is 0.231 e. The first-order valence-electron chi connectivity index (χ1n) is 11.6. The van der Waals surface area contributed by atoms with Crippen LogP contribution in [0, 0.1) is 5.82 Å². The van der Waals surface area contributed by atoms with Crippen LogP contribution in [-0.2, 0) is 10.0 Å². The number of hydrogen-bond donors (Lipinski definition) is 0. The summed E-state index contributed by atoms with van der Waals surface area (Å²) in [6, 6.07) is 17.3. The number of rotatable bonds is 8. The summed E-state index contributed by atoms with van der Waals surface area (Å²) >= 11 is 3.12. The third-order valence-electron chi connectivity index (χ3n) is 6.15. The Morgan fingerprint density at radius 2 is 1.75 bits per heavy atom. The van der Waals surface area contributed by atoms with Crippen molar-refractivity contribution in [2.24, 2.45) is 5.10 Å². The van der Waals surface area contributed by atoms with E-state index in [1.54, 1.807) is 47.7 Å². The minimum Gasteiger partial charge on any atom is -0.231 e. The quantitative estimate of drug-likeness (QED) is 0.260. The van der Waals surface area contributed by atoms with Gasteiger partial charge in [0, 0.05) is 30.5 Å². The van der Waals surface area contributed by atoms with Crippen molar-refractivity contribution >= 4 is 43.5 Å². The Hall–Kier alpha value is -2.92. The molecule has 0 N–H and O–H groups in total. The van der Waals surface area contributed by atoms with E-state index in [0.717, 1.165) is 32.5 Å². The number of halogens is 1. The molecule has 0 fully saturated rings. The summed E-state index contributed by atoms with van der Waals surface area (Å²) in [7, 11) is -3.51. The van der Waals surface area contributed by atoms with Crippen LogP contribution in [0.1, 0.15) is 36.8 Å². The fourth-order valence-corrected chi connectivity index (χ4v) is 7.25.